The van der Waals surface area contributed by atoms with Gasteiger partial charge in [0, 0.05) is 24.7 Å². The maximum atomic E-state index is 12.3. The van der Waals surface area contributed by atoms with Crippen LogP contribution >= 0.6 is 0 Å². The summed E-state index contributed by atoms with van der Waals surface area (Å²) in [4.78, 5) is 28.1. The number of nitrogens with zero attached hydrogens (tertiary/aromatic N) is 1. The molecule has 0 aliphatic carbocycles. The van der Waals surface area contributed by atoms with Crippen LogP contribution in [-0.2, 0) is 4.79 Å². The minimum atomic E-state index is -0.352. The number of nitrogens with one attached hydrogen (secondary N) is 2. The van der Waals surface area contributed by atoms with Gasteiger partial charge in [0.15, 0.2) is 5.76 Å². The molecule has 0 atom stereocenters. The minimum absolute atomic E-state index is 0.143. The summed E-state index contributed by atoms with van der Waals surface area (Å²) >= 11 is 0. The fourth-order valence-corrected chi connectivity index (χ4v) is 2.34. The molecule has 2 aromatic heterocycles. The van der Waals surface area contributed by atoms with Gasteiger partial charge in [-0.05, 0) is 23.8 Å². The molecule has 3 rings (SSSR count). The molecule has 0 radical (unpaired) electrons. The van der Waals surface area contributed by atoms with Crippen LogP contribution in [0, 0.1) is 0 Å². The number of rotatable bonds is 6. The average Bonchev–Trinajstić information content (AvgIpc) is 3.13. The molecule has 2 heterocycles. The van der Waals surface area contributed by atoms with Gasteiger partial charge in [-0.15, -0.1) is 0 Å². The Morgan fingerprint density at radius 3 is 2.56 bits per heavy atom. The lowest BCUT2D eigenvalue weighted by atomic mass is 10.1. The molecule has 0 saturated carbocycles. The van der Waals surface area contributed by atoms with E-state index in [2.05, 4.69) is 15.6 Å². The number of pyridine rings is 1. The van der Waals surface area contributed by atoms with Crippen molar-refractivity contribution in [2.45, 2.75) is 6.42 Å². The van der Waals surface area contributed by atoms with Crippen LogP contribution in [0.4, 0.5) is 5.82 Å². The highest BCUT2D eigenvalue weighted by atomic mass is 16.3. The molecule has 0 spiro atoms. The third-order valence-electron chi connectivity index (χ3n) is 3.53. The zero-order valence-corrected chi connectivity index (χ0v) is 13.4. The van der Waals surface area contributed by atoms with Gasteiger partial charge in [0.2, 0.25) is 5.91 Å². The molecule has 0 unspecified atom stereocenters. The summed E-state index contributed by atoms with van der Waals surface area (Å²) in [7, 11) is 0. The monoisotopic (exact) mass is 335 g/mol. The van der Waals surface area contributed by atoms with Crippen molar-refractivity contribution in [2.75, 3.05) is 11.9 Å². The summed E-state index contributed by atoms with van der Waals surface area (Å²) in [6, 6.07) is 16.5. The summed E-state index contributed by atoms with van der Waals surface area (Å²) in [5.41, 5.74) is 1.62. The largest absolute Gasteiger partial charge is 0.459 e. The number of furan rings is 1. The van der Waals surface area contributed by atoms with Crippen molar-refractivity contribution < 1.29 is 14.0 Å². The SMILES string of the molecule is O=C(CCNC(=O)c1occc1-c1ccccc1)Nc1ccccn1. The molecule has 1 aromatic carbocycles. The van der Waals surface area contributed by atoms with Crippen molar-refractivity contribution in [1.29, 1.82) is 0 Å². The molecule has 3 aromatic rings. The lowest BCUT2D eigenvalue weighted by Crippen LogP contribution is -2.27. The number of benzene rings is 1. The Bertz CT molecular complexity index is 845. The molecule has 0 fully saturated rings. The van der Waals surface area contributed by atoms with Crippen molar-refractivity contribution in [3.8, 4) is 11.1 Å². The molecule has 0 aliphatic heterocycles. The molecule has 0 aliphatic rings. The van der Waals surface area contributed by atoms with E-state index in [0.29, 0.717) is 5.82 Å². The van der Waals surface area contributed by atoms with Gasteiger partial charge in [-0.3, -0.25) is 9.59 Å². The van der Waals surface area contributed by atoms with Crippen LogP contribution in [0.1, 0.15) is 17.0 Å². The third kappa shape index (κ3) is 4.32. The highest BCUT2D eigenvalue weighted by Crippen LogP contribution is 2.24. The predicted molar refractivity (Wildman–Crippen MR) is 94.0 cm³/mol. The first kappa shape index (κ1) is 16.4. The van der Waals surface area contributed by atoms with E-state index in [1.54, 1.807) is 30.5 Å². The third-order valence-corrected chi connectivity index (χ3v) is 3.53. The predicted octanol–water partition coefficient (Wildman–Crippen LogP) is 3.10. The summed E-state index contributed by atoms with van der Waals surface area (Å²) in [6.45, 7) is 0.201. The average molecular weight is 335 g/mol. The summed E-state index contributed by atoms with van der Waals surface area (Å²) in [5, 5.41) is 5.36. The number of anilines is 1. The van der Waals surface area contributed by atoms with Gasteiger partial charge in [-0.1, -0.05) is 36.4 Å². The second-order valence-corrected chi connectivity index (χ2v) is 5.30. The zero-order chi connectivity index (χ0) is 17.5. The van der Waals surface area contributed by atoms with E-state index in [0.717, 1.165) is 11.1 Å². The molecule has 2 amide bonds. The quantitative estimate of drug-likeness (QED) is 0.725. The lowest BCUT2D eigenvalue weighted by molar-refractivity contribution is -0.116. The molecule has 2 N–H and O–H groups in total. The molecular weight excluding hydrogens is 318 g/mol. The second-order valence-electron chi connectivity index (χ2n) is 5.30. The van der Waals surface area contributed by atoms with Gasteiger partial charge in [-0.25, -0.2) is 4.98 Å². The van der Waals surface area contributed by atoms with E-state index in [4.69, 9.17) is 4.42 Å². The highest BCUT2D eigenvalue weighted by molar-refractivity contribution is 5.98. The zero-order valence-electron chi connectivity index (χ0n) is 13.4. The Morgan fingerprint density at radius 2 is 1.80 bits per heavy atom. The molecule has 0 saturated heterocycles. The maximum Gasteiger partial charge on any atom is 0.287 e. The number of hydrogen-bond acceptors (Lipinski definition) is 4. The summed E-state index contributed by atoms with van der Waals surface area (Å²) in [6.07, 6.45) is 3.22. The number of hydrogen-bond donors (Lipinski definition) is 2. The lowest BCUT2D eigenvalue weighted by Gasteiger charge is -2.06. The molecule has 0 bridgehead atoms. The van der Waals surface area contributed by atoms with Crippen molar-refractivity contribution in [1.82, 2.24) is 10.3 Å². The van der Waals surface area contributed by atoms with Crippen LogP contribution < -0.4 is 10.6 Å². The minimum Gasteiger partial charge on any atom is -0.459 e. The van der Waals surface area contributed by atoms with Crippen molar-refractivity contribution in [3.63, 3.8) is 0 Å². The van der Waals surface area contributed by atoms with Crippen molar-refractivity contribution in [2.24, 2.45) is 0 Å². The molecule has 6 heteroatoms. The Kier molecular flexibility index (Phi) is 5.21. The first-order valence-corrected chi connectivity index (χ1v) is 7.86. The van der Waals surface area contributed by atoms with Crippen LogP contribution in [-0.4, -0.2) is 23.3 Å². The van der Waals surface area contributed by atoms with Crippen LogP contribution in [0.2, 0.25) is 0 Å². The molecular formula is C19H17N3O3. The summed E-state index contributed by atoms with van der Waals surface area (Å²) < 4.78 is 5.31. The standard InChI is InChI=1S/C19H17N3O3/c23-17(22-16-8-4-5-11-20-16)9-12-21-19(24)18-15(10-13-25-18)14-6-2-1-3-7-14/h1-8,10-11,13H,9,12H2,(H,21,24)(H,20,22,23). The maximum absolute atomic E-state index is 12.3. The van der Waals surface area contributed by atoms with Gasteiger partial charge >= 0.3 is 0 Å². The van der Waals surface area contributed by atoms with Gasteiger partial charge in [0.25, 0.3) is 5.91 Å². The number of carbonyl (C=O) groups excluding carboxylic acids is 2. The van der Waals surface area contributed by atoms with Crippen LogP contribution in [0.25, 0.3) is 11.1 Å². The topological polar surface area (TPSA) is 84.2 Å². The Balaban J connectivity index is 1.54. The van der Waals surface area contributed by atoms with E-state index in [1.165, 1.54) is 6.26 Å². The van der Waals surface area contributed by atoms with Gasteiger partial charge in [0.1, 0.15) is 5.82 Å². The fraction of sp³-hybridized carbons (Fsp3) is 0.105. The number of amides is 2. The number of aromatic nitrogens is 1. The van der Waals surface area contributed by atoms with Crippen LogP contribution in [0.5, 0.6) is 0 Å². The smallest absolute Gasteiger partial charge is 0.287 e. The Labute approximate surface area is 144 Å². The van der Waals surface area contributed by atoms with Crippen molar-refractivity contribution in [3.05, 3.63) is 72.8 Å². The van der Waals surface area contributed by atoms with Gasteiger partial charge in [0.05, 0.1) is 6.26 Å². The van der Waals surface area contributed by atoms with E-state index < -0.39 is 0 Å². The summed E-state index contributed by atoms with van der Waals surface area (Å²) in [5.74, 6) is 0.142. The highest BCUT2D eigenvalue weighted by Gasteiger charge is 2.16. The normalized spacial score (nSPS) is 10.2. The van der Waals surface area contributed by atoms with Crippen molar-refractivity contribution >= 4 is 17.6 Å². The number of carbonyl (C=O) groups is 2. The Hall–Kier alpha value is -3.41. The van der Waals surface area contributed by atoms with Crippen LogP contribution in [0.3, 0.4) is 0 Å². The van der Waals surface area contributed by atoms with Crippen LogP contribution in [0.15, 0.2) is 71.5 Å². The van der Waals surface area contributed by atoms with E-state index in [9.17, 15) is 9.59 Å². The molecule has 126 valence electrons. The molecule has 6 nitrogen and oxygen atoms in total. The molecule has 25 heavy (non-hydrogen) atoms. The second kappa shape index (κ2) is 7.92. The van der Waals surface area contributed by atoms with E-state index in [1.807, 2.05) is 30.3 Å². The van der Waals surface area contributed by atoms with E-state index in [-0.39, 0.29) is 30.5 Å². The van der Waals surface area contributed by atoms with Gasteiger partial charge in [-0.2, -0.15) is 0 Å². The fourth-order valence-electron chi connectivity index (χ4n) is 2.34. The van der Waals surface area contributed by atoms with E-state index >= 15 is 0 Å². The Morgan fingerprint density at radius 1 is 1.00 bits per heavy atom. The van der Waals surface area contributed by atoms with Gasteiger partial charge < -0.3 is 15.1 Å². The first-order chi connectivity index (χ1) is 12.2. The first-order valence-electron chi connectivity index (χ1n) is 7.86.